The van der Waals surface area contributed by atoms with Gasteiger partial charge in [-0.1, -0.05) is 40.0 Å². The van der Waals surface area contributed by atoms with Crippen molar-refractivity contribution in [3.05, 3.63) is 0 Å². The molecule has 2 heteroatoms. The van der Waals surface area contributed by atoms with Crippen LogP contribution in [-0.4, -0.2) is 37.2 Å². The van der Waals surface area contributed by atoms with E-state index in [9.17, 15) is 0 Å². The molecular formula is C16H33NO. The Labute approximate surface area is 114 Å². The predicted octanol–water partition coefficient (Wildman–Crippen LogP) is 4.09. The maximum absolute atomic E-state index is 5.90. The van der Waals surface area contributed by atoms with Crippen molar-refractivity contribution in [1.29, 1.82) is 0 Å². The summed E-state index contributed by atoms with van der Waals surface area (Å²) in [6.45, 7) is 11.6. The van der Waals surface area contributed by atoms with Crippen molar-refractivity contribution < 1.29 is 4.74 Å². The summed E-state index contributed by atoms with van der Waals surface area (Å²) in [7, 11) is 0. The fourth-order valence-electron chi connectivity index (χ4n) is 2.58. The summed E-state index contributed by atoms with van der Waals surface area (Å²) < 4.78 is 5.90. The zero-order chi connectivity index (χ0) is 13.2. The summed E-state index contributed by atoms with van der Waals surface area (Å²) in [5.41, 5.74) is 0. The Morgan fingerprint density at radius 3 is 2.44 bits per heavy atom. The Morgan fingerprint density at radius 2 is 1.83 bits per heavy atom. The van der Waals surface area contributed by atoms with Gasteiger partial charge in [-0.3, -0.25) is 0 Å². The van der Waals surface area contributed by atoms with Crippen molar-refractivity contribution in [3.63, 3.8) is 0 Å². The average molecular weight is 255 g/mol. The van der Waals surface area contributed by atoms with Crippen molar-refractivity contribution in [3.8, 4) is 0 Å². The van der Waals surface area contributed by atoms with Gasteiger partial charge in [-0.2, -0.15) is 0 Å². The third kappa shape index (κ3) is 7.38. The van der Waals surface area contributed by atoms with E-state index in [-0.39, 0.29) is 0 Å². The molecule has 0 aromatic heterocycles. The van der Waals surface area contributed by atoms with E-state index in [1.165, 1.54) is 64.6 Å². The smallest absolute Gasteiger partial charge is 0.0599 e. The first-order chi connectivity index (χ1) is 8.72. The Balaban J connectivity index is 1.98. The molecule has 0 aromatic rings. The van der Waals surface area contributed by atoms with E-state index in [1.54, 1.807) is 0 Å². The third-order valence-corrected chi connectivity index (χ3v) is 3.89. The van der Waals surface area contributed by atoms with Gasteiger partial charge in [0.25, 0.3) is 0 Å². The van der Waals surface area contributed by atoms with Gasteiger partial charge in [-0.05, 0) is 38.1 Å². The molecule has 1 rings (SSSR count). The first-order valence-electron chi connectivity index (χ1n) is 8.06. The molecule has 0 unspecified atom stereocenters. The maximum atomic E-state index is 5.90. The van der Waals surface area contributed by atoms with Crippen molar-refractivity contribution in [2.75, 3.05) is 26.2 Å². The number of likely N-dealkylation sites (tertiary alicyclic amines) is 1. The lowest BCUT2D eigenvalue weighted by Gasteiger charge is -2.31. The van der Waals surface area contributed by atoms with Crippen molar-refractivity contribution in [2.45, 2.75) is 71.8 Å². The number of unbranched alkanes of at least 4 members (excludes halogenated alkanes) is 2. The molecule has 0 saturated carbocycles. The van der Waals surface area contributed by atoms with E-state index >= 15 is 0 Å². The van der Waals surface area contributed by atoms with Crippen LogP contribution in [0, 0.1) is 5.92 Å². The lowest BCUT2D eigenvalue weighted by molar-refractivity contribution is 0.00610. The summed E-state index contributed by atoms with van der Waals surface area (Å²) in [6, 6.07) is 0. The number of ether oxygens (including phenoxy) is 1. The largest absolute Gasteiger partial charge is 0.378 e. The predicted molar refractivity (Wildman–Crippen MR) is 79.0 cm³/mol. The highest BCUT2D eigenvalue weighted by atomic mass is 16.5. The first-order valence-corrected chi connectivity index (χ1v) is 8.06. The molecule has 0 radical (unpaired) electrons. The van der Waals surface area contributed by atoms with Crippen LogP contribution in [0.25, 0.3) is 0 Å². The normalized spacial score (nSPS) is 18.7. The van der Waals surface area contributed by atoms with Crippen molar-refractivity contribution >= 4 is 0 Å². The van der Waals surface area contributed by atoms with Gasteiger partial charge in [0.1, 0.15) is 0 Å². The molecule has 18 heavy (non-hydrogen) atoms. The minimum absolute atomic E-state index is 0.545. The quantitative estimate of drug-likeness (QED) is 0.575. The van der Waals surface area contributed by atoms with Gasteiger partial charge >= 0.3 is 0 Å². The standard InChI is InChI=1S/C16H33NO/c1-4-5-14-18-16-9-12-17(13-10-16)11-7-6-8-15(2)3/h15-16H,4-14H2,1-3H3. The Hall–Kier alpha value is -0.0800. The Bertz CT molecular complexity index is 186. The van der Waals surface area contributed by atoms with Crippen LogP contribution in [0.3, 0.4) is 0 Å². The van der Waals surface area contributed by atoms with E-state index in [0.29, 0.717) is 6.10 Å². The molecule has 1 saturated heterocycles. The molecule has 0 spiro atoms. The van der Waals surface area contributed by atoms with E-state index in [0.717, 1.165) is 12.5 Å². The molecule has 0 bridgehead atoms. The minimum Gasteiger partial charge on any atom is -0.378 e. The monoisotopic (exact) mass is 255 g/mol. The zero-order valence-corrected chi connectivity index (χ0v) is 12.8. The molecule has 108 valence electrons. The van der Waals surface area contributed by atoms with Crippen LogP contribution in [0.4, 0.5) is 0 Å². The molecule has 0 amide bonds. The minimum atomic E-state index is 0.545. The van der Waals surface area contributed by atoms with Crippen LogP contribution in [0.2, 0.25) is 0 Å². The van der Waals surface area contributed by atoms with E-state index in [1.807, 2.05) is 0 Å². The molecule has 0 atom stereocenters. The summed E-state index contributed by atoms with van der Waals surface area (Å²) in [5, 5.41) is 0. The molecule has 0 N–H and O–H groups in total. The number of nitrogens with zero attached hydrogens (tertiary/aromatic N) is 1. The molecule has 2 nitrogen and oxygen atoms in total. The number of hydrogen-bond acceptors (Lipinski definition) is 2. The van der Waals surface area contributed by atoms with Crippen LogP contribution in [-0.2, 0) is 4.74 Å². The number of rotatable bonds is 9. The van der Waals surface area contributed by atoms with Crippen LogP contribution in [0.5, 0.6) is 0 Å². The van der Waals surface area contributed by atoms with Crippen LogP contribution >= 0.6 is 0 Å². The highest BCUT2D eigenvalue weighted by molar-refractivity contribution is 4.72. The first kappa shape index (κ1) is 16.0. The molecule has 0 aromatic carbocycles. The Morgan fingerprint density at radius 1 is 1.11 bits per heavy atom. The SMILES string of the molecule is CCCCOC1CCN(CCCCC(C)C)CC1. The molecule has 1 aliphatic rings. The van der Waals surface area contributed by atoms with Crippen molar-refractivity contribution in [1.82, 2.24) is 4.90 Å². The van der Waals surface area contributed by atoms with Crippen LogP contribution < -0.4 is 0 Å². The number of hydrogen-bond donors (Lipinski definition) is 0. The highest BCUT2D eigenvalue weighted by Crippen LogP contribution is 2.15. The number of piperidine rings is 1. The summed E-state index contributed by atoms with van der Waals surface area (Å²) in [6.07, 6.45) is 9.65. The van der Waals surface area contributed by atoms with Crippen LogP contribution in [0.1, 0.15) is 65.7 Å². The molecule has 1 heterocycles. The fraction of sp³-hybridized carbons (Fsp3) is 1.00. The summed E-state index contributed by atoms with van der Waals surface area (Å²) in [5.74, 6) is 0.864. The fourth-order valence-corrected chi connectivity index (χ4v) is 2.58. The van der Waals surface area contributed by atoms with Gasteiger partial charge in [-0.15, -0.1) is 0 Å². The average Bonchev–Trinajstić information content (AvgIpc) is 2.36. The van der Waals surface area contributed by atoms with Crippen molar-refractivity contribution in [2.24, 2.45) is 5.92 Å². The summed E-state index contributed by atoms with van der Waals surface area (Å²) in [4.78, 5) is 2.63. The second kappa shape index (κ2) is 9.80. The molecule has 0 aliphatic carbocycles. The van der Waals surface area contributed by atoms with E-state index in [2.05, 4.69) is 25.7 Å². The topological polar surface area (TPSA) is 12.5 Å². The van der Waals surface area contributed by atoms with Gasteiger partial charge < -0.3 is 9.64 Å². The lowest BCUT2D eigenvalue weighted by atomic mass is 10.0. The van der Waals surface area contributed by atoms with Gasteiger partial charge in [0.15, 0.2) is 0 Å². The summed E-state index contributed by atoms with van der Waals surface area (Å²) >= 11 is 0. The van der Waals surface area contributed by atoms with Gasteiger partial charge in [0.2, 0.25) is 0 Å². The highest BCUT2D eigenvalue weighted by Gasteiger charge is 2.18. The molecule has 1 aliphatic heterocycles. The molecular weight excluding hydrogens is 222 g/mol. The third-order valence-electron chi connectivity index (χ3n) is 3.89. The molecule has 1 fully saturated rings. The van der Waals surface area contributed by atoms with Gasteiger partial charge in [0.05, 0.1) is 6.10 Å². The Kier molecular flexibility index (Phi) is 8.70. The van der Waals surface area contributed by atoms with Gasteiger partial charge in [-0.25, -0.2) is 0 Å². The van der Waals surface area contributed by atoms with Gasteiger partial charge in [0, 0.05) is 19.7 Å². The van der Waals surface area contributed by atoms with E-state index in [4.69, 9.17) is 4.74 Å². The zero-order valence-electron chi connectivity index (χ0n) is 12.8. The van der Waals surface area contributed by atoms with E-state index < -0.39 is 0 Å². The lowest BCUT2D eigenvalue weighted by Crippen LogP contribution is -2.37. The second-order valence-corrected chi connectivity index (χ2v) is 6.15. The maximum Gasteiger partial charge on any atom is 0.0599 e. The second-order valence-electron chi connectivity index (χ2n) is 6.15. The van der Waals surface area contributed by atoms with Crippen LogP contribution in [0.15, 0.2) is 0 Å².